The summed E-state index contributed by atoms with van der Waals surface area (Å²) in [7, 11) is 0. The van der Waals surface area contributed by atoms with Gasteiger partial charge in [0.2, 0.25) is 5.89 Å². The van der Waals surface area contributed by atoms with Crippen LogP contribution in [0, 0.1) is 0 Å². The summed E-state index contributed by atoms with van der Waals surface area (Å²) in [5, 5.41) is 2.08. The lowest BCUT2D eigenvalue weighted by atomic mass is 9.91. The van der Waals surface area contributed by atoms with Crippen molar-refractivity contribution in [2.45, 2.75) is 0 Å². The van der Waals surface area contributed by atoms with E-state index in [2.05, 4.69) is 91.0 Å². The molecule has 0 radical (unpaired) electrons. The molecule has 0 aliphatic carbocycles. The van der Waals surface area contributed by atoms with Gasteiger partial charge in [-0.15, -0.1) is 0 Å². The number of para-hydroxylation sites is 1. The lowest BCUT2D eigenvalue weighted by Gasteiger charge is -2.14. The molecule has 0 fully saturated rings. The van der Waals surface area contributed by atoms with Gasteiger partial charge in [0.05, 0.1) is 0 Å². The van der Waals surface area contributed by atoms with E-state index in [1.54, 1.807) is 0 Å². The van der Waals surface area contributed by atoms with Crippen LogP contribution in [-0.4, -0.2) is 19.9 Å². The van der Waals surface area contributed by atoms with Crippen LogP contribution < -0.4 is 0 Å². The van der Waals surface area contributed by atoms with E-state index in [4.69, 9.17) is 28.8 Å². The van der Waals surface area contributed by atoms with E-state index in [0.717, 1.165) is 88.7 Å². The summed E-state index contributed by atoms with van der Waals surface area (Å²) in [5.74, 6) is 2.42. The molecular weight excluding hydrogens is 713 g/mol. The Morgan fingerprint density at radius 2 is 0.810 bits per heavy atom. The molecule has 11 aromatic rings. The van der Waals surface area contributed by atoms with Crippen LogP contribution in [0.15, 0.2) is 203 Å². The van der Waals surface area contributed by atoms with Crippen LogP contribution in [0.3, 0.4) is 0 Å². The first kappa shape index (κ1) is 33.4. The molecule has 11 rings (SSSR count). The van der Waals surface area contributed by atoms with Crippen molar-refractivity contribution in [3.8, 4) is 79.0 Å². The third kappa shape index (κ3) is 6.10. The zero-order chi connectivity index (χ0) is 38.4. The monoisotopic (exact) mass is 744 g/mol. The largest absolute Gasteiger partial charge is 0.456 e. The van der Waals surface area contributed by atoms with Crippen molar-refractivity contribution in [3.05, 3.63) is 194 Å². The van der Waals surface area contributed by atoms with Gasteiger partial charge in [-0.05, 0) is 88.0 Å². The summed E-state index contributed by atoms with van der Waals surface area (Å²) >= 11 is 0. The first-order valence-corrected chi connectivity index (χ1v) is 19.2. The number of aromatic nitrogens is 4. The number of oxazole rings is 1. The van der Waals surface area contributed by atoms with E-state index in [9.17, 15) is 0 Å². The SMILES string of the molecule is c1ccc(-c2nc(-c3ccc(-c4ccc(-c5ccc6nc(-c7ccccc7)oc6c5)cc4)c(-c4ccccc4)c3)nc(-c3ccc4oc5ccccc5c4c3)n2)cc1. The zero-order valence-corrected chi connectivity index (χ0v) is 31.1. The van der Waals surface area contributed by atoms with Crippen molar-refractivity contribution >= 4 is 33.0 Å². The molecule has 3 aromatic heterocycles. The fraction of sp³-hybridized carbons (Fsp3) is 0. The molecule has 0 aliphatic rings. The molecule has 0 saturated heterocycles. The predicted octanol–water partition coefficient (Wildman–Crippen LogP) is 13.6. The quantitative estimate of drug-likeness (QED) is 0.162. The molecule has 6 heteroatoms. The summed E-state index contributed by atoms with van der Waals surface area (Å²) in [6.07, 6.45) is 0. The fourth-order valence-electron chi connectivity index (χ4n) is 7.66. The minimum absolute atomic E-state index is 0.594. The third-order valence-electron chi connectivity index (χ3n) is 10.6. The number of hydrogen-bond acceptors (Lipinski definition) is 6. The molecule has 58 heavy (non-hydrogen) atoms. The molecule has 0 atom stereocenters. The Morgan fingerprint density at radius 3 is 1.55 bits per heavy atom. The molecule has 0 bridgehead atoms. The average molecular weight is 745 g/mol. The number of furan rings is 1. The lowest BCUT2D eigenvalue weighted by Crippen LogP contribution is -2.00. The predicted molar refractivity (Wildman–Crippen MR) is 233 cm³/mol. The normalized spacial score (nSPS) is 11.4. The topological polar surface area (TPSA) is 77.8 Å². The van der Waals surface area contributed by atoms with Gasteiger partial charge in [0.25, 0.3) is 0 Å². The van der Waals surface area contributed by atoms with Crippen LogP contribution in [-0.2, 0) is 0 Å². The Balaban J connectivity index is 0.992. The second-order valence-electron chi connectivity index (χ2n) is 14.3. The highest BCUT2D eigenvalue weighted by Gasteiger charge is 2.17. The van der Waals surface area contributed by atoms with Crippen LogP contribution in [0.25, 0.3) is 112 Å². The fourth-order valence-corrected chi connectivity index (χ4v) is 7.66. The molecule has 3 heterocycles. The van der Waals surface area contributed by atoms with Gasteiger partial charge in [-0.3, -0.25) is 0 Å². The van der Waals surface area contributed by atoms with Crippen molar-refractivity contribution in [1.29, 1.82) is 0 Å². The maximum absolute atomic E-state index is 6.19. The standard InChI is InChI=1S/C52H32N4O2/c1-4-12-34(13-5-1)43-30-39(24-27-41(43)35-22-20-33(21-23-35)38-25-28-45-48(32-38)58-52(53-45)37-16-8-3-9-17-37)50-54-49(36-14-6-2-7-15-36)55-51(56-50)40-26-29-47-44(31-40)42-18-10-11-19-46(42)57-47/h1-32H. The van der Waals surface area contributed by atoms with E-state index >= 15 is 0 Å². The van der Waals surface area contributed by atoms with Crippen LogP contribution in [0.4, 0.5) is 0 Å². The molecule has 0 saturated carbocycles. The van der Waals surface area contributed by atoms with Crippen LogP contribution >= 0.6 is 0 Å². The highest BCUT2D eigenvalue weighted by molar-refractivity contribution is 6.06. The Bertz CT molecular complexity index is 3260. The van der Waals surface area contributed by atoms with E-state index in [-0.39, 0.29) is 0 Å². The van der Waals surface area contributed by atoms with E-state index in [1.807, 2.05) is 103 Å². The van der Waals surface area contributed by atoms with Gasteiger partial charge >= 0.3 is 0 Å². The minimum Gasteiger partial charge on any atom is -0.456 e. The summed E-state index contributed by atoms with van der Waals surface area (Å²) in [6, 6.07) is 66.1. The van der Waals surface area contributed by atoms with Crippen molar-refractivity contribution in [2.75, 3.05) is 0 Å². The molecule has 0 aliphatic heterocycles. The highest BCUT2D eigenvalue weighted by Crippen LogP contribution is 2.38. The minimum atomic E-state index is 0.594. The number of fused-ring (bicyclic) bond motifs is 4. The zero-order valence-electron chi connectivity index (χ0n) is 31.1. The van der Waals surface area contributed by atoms with E-state index < -0.39 is 0 Å². The van der Waals surface area contributed by atoms with Crippen molar-refractivity contribution < 1.29 is 8.83 Å². The molecule has 0 unspecified atom stereocenters. The number of rotatable bonds is 7. The molecule has 0 N–H and O–H groups in total. The summed E-state index contributed by atoms with van der Waals surface area (Å²) in [5.41, 5.74) is 13.5. The van der Waals surface area contributed by atoms with Gasteiger partial charge in [-0.25, -0.2) is 19.9 Å². The Morgan fingerprint density at radius 1 is 0.276 bits per heavy atom. The van der Waals surface area contributed by atoms with Crippen LogP contribution in [0.5, 0.6) is 0 Å². The van der Waals surface area contributed by atoms with Crippen molar-refractivity contribution in [2.24, 2.45) is 0 Å². The van der Waals surface area contributed by atoms with E-state index in [0.29, 0.717) is 23.4 Å². The molecular formula is C52H32N4O2. The van der Waals surface area contributed by atoms with Crippen LogP contribution in [0.2, 0.25) is 0 Å². The maximum Gasteiger partial charge on any atom is 0.227 e. The van der Waals surface area contributed by atoms with Crippen molar-refractivity contribution in [1.82, 2.24) is 19.9 Å². The van der Waals surface area contributed by atoms with E-state index in [1.165, 1.54) is 0 Å². The number of benzene rings is 8. The van der Waals surface area contributed by atoms with Gasteiger partial charge in [-0.1, -0.05) is 140 Å². The number of nitrogens with zero attached hydrogens (tertiary/aromatic N) is 4. The Hall–Kier alpha value is -7.96. The second-order valence-corrected chi connectivity index (χ2v) is 14.3. The molecule has 8 aromatic carbocycles. The third-order valence-corrected chi connectivity index (χ3v) is 10.6. The van der Waals surface area contributed by atoms with Gasteiger partial charge in [0, 0.05) is 33.0 Å². The first-order valence-electron chi connectivity index (χ1n) is 19.2. The summed E-state index contributed by atoms with van der Waals surface area (Å²) in [6.45, 7) is 0. The van der Waals surface area contributed by atoms with Crippen LogP contribution in [0.1, 0.15) is 0 Å². The molecule has 0 amide bonds. The molecule has 0 spiro atoms. The lowest BCUT2D eigenvalue weighted by molar-refractivity contribution is 0.620. The summed E-state index contributed by atoms with van der Waals surface area (Å²) in [4.78, 5) is 19.9. The highest BCUT2D eigenvalue weighted by atomic mass is 16.3. The number of hydrogen-bond donors (Lipinski definition) is 0. The van der Waals surface area contributed by atoms with Gasteiger partial charge < -0.3 is 8.83 Å². The maximum atomic E-state index is 6.19. The van der Waals surface area contributed by atoms with Gasteiger partial charge in [0.1, 0.15) is 16.7 Å². The Labute approximate surface area is 333 Å². The molecule has 6 nitrogen and oxygen atoms in total. The van der Waals surface area contributed by atoms with Gasteiger partial charge in [-0.2, -0.15) is 0 Å². The Kier molecular flexibility index (Phi) is 8.04. The second kappa shape index (κ2) is 14.0. The molecule has 272 valence electrons. The summed E-state index contributed by atoms with van der Waals surface area (Å²) < 4.78 is 12.3. The van der Waals surface area contributed by atoms with Gasteiger partial charge in [0.15, 0.2) is 23.1 Å². The average Bonchev–Trinajstić information content (AvgIpc) is 3.91. The van der Waals surface area contributed by atoms with Crippen molar-refractivity contribution in [3.63, 3.8) is 0 Å². The first-order chi connectivity index (χ1) is 28.7. The smallest absolute Gasteiger partial charge is 0.227 e.